The number of carbonyl (C=O) groups is 2. The molecule has 2 heterocycles. The average molecular weight is 397 g/mol. The molecule has 1 aliphatic rings. The van der Waals surface area contributed by atoms with Crippen LogP contribution in [-0.2, 0) is 4.74 Å². The highest BCUT2D eigenvalue weighted by Crippen LogP contribution is 2.31. The topological polar surface area (TPSA) is 91.8 Å². The molecule has 0 aliphatic carbocycles. The first kappa shape index (κ1) is 20.8. The van der Waals surface area contributed by atoms with Crippen LogP contribution in [0.4, 0.5) is 10.5 Å². The Labute approximate surface area is 170 Å². The Morgan fingerprint density at radius 2 is 2.17 bits per heavy atom. The largest absolute Gasteiger partial charge is 0.447 e. The molecule has 1 aromatic heterocycles. The van der Waals surface area contributed by atoms with E-state index in [1.54, 1.807) is 30.2 Å². The van der Waals surface area contributed by atoms with E-state index < -0.39 is 6.09 Å². The van der Waals surface area contributed by atoms with E-state index in [4.69, 9.17) is 4.74 Å². The number of aromatic nitrogens is 1. The Morgan fingerprint density at radius 1 is 1.38 bits per heavy atom. The zero-order valence-corrected chi connectivity index (χ0v) is 17.0. The van der Waals surface area contributed by atoms with Crippen LogP contribution in [0.1, 0.15) is 42.6 Å². The number of anilines is 1. The Morgan fingerprint density at radius 3 is 2.83 bits per heavy atom. The Hall–Kier alpha value is -2.93. The van der Waals surface area contributed by atoms with E-state index in [0.29, 0.717) is 23.6 Å². The molecule has 29 heavy (non-hydrogen) atoms. The van der Waals surface area contributed by atoms with Crippen molar-refractivity contribution in [1.82, 2.24) is 10.3 Å². The number of pyridine rings is 1. The number of aryl methyl sites for hydroxylation is 1. The first-order valence-corrected chi connectivity index (χ1v) is 9.88. The number of benzene rings is 1. The number of hydrogen-bond acceptors (Lipinski definition) is 5. The standard InChI is InChI=1S/C22H27N3O4/c1-4-5-18-13-29-22(28)25(18)19-9-16(20-7-6-14(2)11-23-20)8-17(10-19)21(27)24-15(3)12-26/h6-11,15,18,26H,4-5,12-13H2,1-3H3,(H,24,27)/t15-,18+/m0/s1. The summed E-state index contributed by atoms with van der Waals surface area (Å²) in [4.78, 5) is 31.2. The van der Waals surface area contributed by atoms with E-state index in [1.165, 1.54) is 0 Å². The van der Waals surface area contributed by atoms with Gasteiger partial charge in [0.2, 0.25) is 0 Å². The smallest absolute Gasteiger partial charge is 0.414 e. The zero-order chi connectivity index (χ0) is 21.0. The lowest BCUT2D eigenvalue weighted by molar-refractivity contribution is 0.0922. The molecule has 1 fully saturated rings. The second-order valence-corrected chi connectivity index (χ2v) is 7.44. The van der Waals surface area contributed by atoms with Gasteiger partial charge in [-0.1, -0.05) is 19.4 Å². The third kappa shape index (κ3) is 4.74. The van der Waals surface area contributed by atoms with Crippen molar-refractivity contribution in [2.75, 3.05) is 18.1 Å². The van der Waals surface area contributed by atoms with Gasteiger partial charge in [0.05, 0.1) is 18.3 Å². The van der Waals surface area contributed by atoms with E-state index >= 15 is 0 Å². The van der Waals surface area contributed by atoms with Crippen molar-refractivity contribution in [3.63, 3.8) is 0 Å². The first-order valence-electron chi connectivity index (χ1n) is 9.88. The zero-order valence-electron chi connectivity index (χ0n) is 17.0. The molecule has 2 atom stereocenters. The third-order valence-electron chi connectivity index (χ3n) is 4.90. The minimum atomic E-state index is -0.410. The highest BCUT2D eigenvalue weighted by Gasteiger charge is 2.34. The van der Waals surface area contributed by atoms with Gasteiger partial charge < -0.3 is 15.2 Å². The summed E-state index contributed by atoms with van der Waals surface area (Å²) in [5.74, 6) is -0.318. The van der Waals surface area contributed by atoms with Gasteiger partial charge in [-0.2, -0.15) is 0 Å². The lowest BCUT2D eigenvalue weighted by atomic mass is 10.0. The SMILES string of the molecule is CCC[C@@H]1COC(=O)N1c1cc(C(=O)N[C@@H](C)CO)cc(-c2ccc(C)cn2)c1. The molecule has 0 radical (unpaired) electrons. The number of ether oxygens (including phenoxy) is 1. The van der Waals surface area contributed by atoms with Crippen LogP contribution in [0.3, 0.4) is 0 Å². The van der Waals surface area contributed by atoms with Gasteiger partial charge in [0.15, 0.2) is 0 Å². The van der Waals surface area contributed by atoms with Crippen LogP contribution in [0.2, 0.25) is 0 Å². The molecule has 0 bridgehead atoms. The molecule has 1 aromatic carbocycles. The maximum absolute atomic E-state index is 12.7. The van der Waals surface area contributed by atoms with Crippen LogP contribution >= 0.6 is 0 Å². The maximum Gasteiger partial charge on any atom is 0.414 e. The van der Waals surface area contributed by atoms with Crippen molar-refractivity contribution < 1.29 is 19.4 Å². The summed E-state index contributed by atoms with van der Waals surface area (Å²) in [6, 6.07) is 8.69. The third-order valence-corrected chi connectivity index (χ3v) is 4.90. The van der Waals surface area contributed by atoms with Crippen LogP contribution in [0, 0.1) is 6.92 Å². The predicted octanol–water partition coefficient (Wildman–Crippen LogP) is 3.29. The van der Waals surface area contributed by atoms with Crippen LogP contribution in [0.25, 0.3) is 11.3 Å². The summed E-state index contributed by atoms with van der Waals surface area (Å²) in [5, 5.41) is 12.0. The van der Waals surface area contributed by atoms with E-state index in [-0.39, 0.29) is 24.6 Å². The number of rotatable bonds is 7. The van der Waals surface area contributed by atoms with Crippen molar-refractivity contribution in [3.8, 4) is 11.3 Å². The number of nitrogens with zero attached hydrogens (tertiary/aromatic N) is 2. The van der Waals surface area contributed by atoms with Crippen molar-refractivity contribution >= 4 is 17.7 Å². The number of carbonyl (C=O) groups excluding carboxylic acids is 2. The monoisotopic (exact) mass is 397 g/mol. The molecule has 1 saturated heterocycles. The maximum atomic E-state index is 12.7. The molecule has 1 aliphatic heterocycles. The predicted molar refractivity (Wildman–Crippen MR) is 111 cm³/mol. The quantitative estimate of drug-likeness (QED) is 0.748. The van der Waals surface area contributed by atoms with E-state index in [2.05, 4.69) is 17.2 Å². The van der Waals surface area contributed by atoms with Gasteiger partial charge in [-0.25, -0.2) is 4.79 Å². The fourth-order valence-corrected chi connectivity index (χ4v) is 3.34. The molecule has 2 amide bonds. The molecule has 0 saturated carbocycles. The Kier molecular flexibility index (Phi) is 6.49. The Bertz CT molecular complexity index is 882. The summed E-state index contributed by atoms with van der Waals surface area (Å²) in [6.45, 7) is 5.91. The minimum absolute atomic E-state index is 0.0685. The van der Waals surface area contributed by atoms with Gasteiger partial charge in [-0.05, 0) is 50.1 Å². The van der Waals surface area contributed by atoms with Gasteiger partial charge in [0.25, 0.3) is 5.91 Å². The van der Waals surface area contributed by atoms with Crippen LogP contribution in [0.5, 0.6) is 0 Å². The molecule has 2 aromatic rings. The van der Waals surface area contributed by atoms with Crippen LogP contribution in [-0.4, -0.2) is 47.4 Å². The molecule has 0 spiro atoms. The molecular weight excluding hydrogens is 370 g/mol. The van der Waals surface area contributed by atoms with Crippen molar-refractivity contribution in [1.29, 1.82) is 0 Å². The van der Waals surface area contributed by atoms with E-state index in [0.717, 1.165) is 24.0 Å². The summed E-state index contributed by atoms with van der Waals surface area (Å²) in [6.07, 6.45) is 3.08. The van der Waals surface area contributed by atoms with E-state index in [1.807, 2.05) is 25.1 Å². The fraction of sp³-hybridized carbons (Fsp3) is 0.409. The molecule has 7 heteroatoms. The Balaban J connectivity index is 2.06. The molecule has 2 N–H and O–H groups in total. The number of hydrogen-bond donors (Lipinski definition) is 2. The number of aliphatic hydroxyl groups excluding tert-OH is 1. The van der Waals surface area contributed by atoms with Gasteiger partial charge >= 0.3 is 6.09 Å². The minimum Gasteiger partial charge on any atom is -0.447 e. The number of amides is 2. The van der Waals surface area contributed by atoms with Gasteiger partial charge in [0, 0.05) is 29.1 Å². The van der Waals surface area contributed by atoms with Crippen molar-refractivity contribution in [3.05, 3.63) is 47.7 Å². The number of cyclic esters (lactones) is 1. The van der Waals surface area contributed by atoms with Crippen LogP contribution < -0.4 is 10.2 Å². The van der Waals surface area contributed by atoms with Crippen molar-refractivity contribution in [2.45, 2.75) is 45.7 Å². The van der Waals surface area contributed by atoms with Gasteiger partial charge in [-0.15, -0.1) is 0 Å². The molecule has 7 nitrogen and oxygen atoms in total. The highest BCUT2D eigenvalue weighted by molar-refractivity contribution is 5.99. The van der Waals surface area contributed by atoms with Crippen LogP contribution in [0.15, 0.2) is 36.5 Å². The average Bonchev–Trinajstić information content (AvgIpc) is 3.08. The molecule has 154 valence electrons. The molecule has 0 unspecified atom stereocenters. The lowest BCUT2D eigenvalue weighted by Gasteiger charge is -2.23. The number of nitrogens with one attached hydrogen (secondary N) is 1. The van der Waals surface area contributed by atoms with Crippen molar-refractivity contribution in [2.24, 2.45) is 0 Å². The molecular formula is C22H27N3O4. The van der Waals surface area contributed by atoms with Gasteiger partial charge in [-0.3, -0.25) is 14.7 Å². The second-order valence-electron chi connectivity index (χ2n) is 7.44. The normalized spacial score (nSPS) is 17.2. The fourth-order valence-electron chi connectivity index (χ4n) is 3.34. The van der Waals surface area contributed by atoms with Gasteiger partial charge in [0.1, 0.15) is 6.61 Å². The molecule has 3 rings (SSSR count). The van der Waals surface area contributed by atoms with E-state index in [9.17, 15) is 14.7 Å². The highest BCUT2D eigenvalue weighted by atomic mass is 16.6. The summed E-state index contributed by atoms with van der Waals surface area (Å²) >= 11 is 0. The summed E-state index contributed by atoms with van der Waals surface area (Å²) in [5.41, 5.74) is 3.48. The first-order chi connectivity index (χ1) is 13.9. The summed E-state index contributed by atoms with van der Waals surface area (Å²) < 4.78 is 5.27. The summed E-state index contributed by atoms with van der Waals surface area (Å²) in [7, 11) is 0. The second kappa shape index (κ2) is 9.05. The number of aliphatic hydroxyl groups is 1. The lowest BCUT2D eigenvalue weighted by Crippen LogP contribution is -2.36.